The molecule has 1 heterocycles. The van der Waals surface area contributed by atoms with Crippen LogP contribution in [0.1, 0.15) is 0 Å². The van der Waals surface area contributed by atoms with Crippen molar-refractivity contribution in [3.63, 3.8) is 0 Å². The van der Waals surface area contributed by atoms with E-state index >= 15 is 0 Å². The maximum Gasteiger partial charge on any atom is 0.233 e. The molecular weight excluding hydrogens is 360 g/mol. The molecule has 1 aromatic carbocycles. The standard InChI is InChI=1S/C10H7BrCl2FN5/c1-15-9-17-8(13)18-10(19-9)16-7-5(11)2-4(14)3-6(7)12/h2-3H,1H3,(H2,15,16,17,18,19). The van der Waals surface area contributed by atoms with Crippen molar-refractivity contribution in [3.8, 4) is 0 Å². The van der Waals surface area contributed by atoms with Gasteiger partial charge in [0.1, 0.15) is 5.82 Å². The number of anilines is 3. The molecule has 2 aromatic rings. The molecule has 0 aliphatic carbocycles. The molecule has 19 heavy (non-hydrogen) atoms. The minimum atomic E-state index is -0.452. The Kier molecular flexibility index (Phi) is 4.38. The molecule has 5 nitrogen and oxygen atoms in total. The summed E-state index contributed by atoms with van der Waals surface area (Å²) in [4.78, 5) is 11.8. The monoisotopic (exact) mass is 365 g/mol. The molecule has 0 saturated heterocycles. The third-order valence-corrected chi connectivity index (χ3v) is 3.17. The van der Waals surface area contributed by atoms with E-state index in [0.29, 0.717) is 16.1 Å². The molecule has 1 aromatic heterocycles. The normalized spacial score (nSPS) is 10.4. The summed E-state index contributed by atoms with van der Waals surface area (Å²) in [5, 5.41) is 5.81. The van der Waals surface area contributed by atoms with Gasteiger partial charge in [-0.25, -0.2) is 4.39 Å². The summed E-state index contributed by atoms with van der Waals surface area (Å²) in [5.41, 5.74) is 0.437. The maximum atomic E-state index is 13.1. The SMILES string of the molecule is CNc1nc(Cl)nc(Nc2c(Cl)cc(F)cc2Br)n1. The third kappa shape index (κ3) is 3.43. The zero-order valence-corrected chi connectivity index (χ0v) is 12.6. The number of hydrogen-bond donors (Lipinski definition) is 2. The molecule has 0 unspecified atom stereocenters. The first kappa shape index (κ1) is 14.2. The van der Waals surface area contributed by atoms with E-state index in [4.69, 9.17) is 23.2 Å². The Morgan fingerprint density at radius 2 is 1.84 bits per heavy atom. The molecule has 100 valence electrons. The van der Waals surface area contributed by atoms with Crippen molar-refractivity contribution in [2.45, 2.75) is 0 Å². The molecule has 0 amide bonds. The fourth-order valence-electron chi connectivity index (χ4n) is 1.29. The largest absolute Gasteiger partial charge is 0.357 e. The quantitative estimate of drug-likeness (QED) is 0.863. The van der Waals surface area contributed by atoms with Gasteiger partial charge in [0.2, 0.25) is 17.2 Å². The molecule has 2 N–H and O–H groups in total. The summed E-state index contributed by atoms with van der Waals surface area (Å²) >= 11 is 14.9. The molecule has 0 saturated carbocycles. The van der Waals surface area contributed by atoms with E-state index < -0.39 is 5.82 Å². The van der Waals surface area contributed by atoms with E-state index in [-0.39, 0.29) is 16.3 Å². The van der Waals surface area contributed by atoms with Crippen LogP contribution in [-0.2, 0) is 0 Å². The second kappa shape index (κ2) is 5.85. The number of hydrogen-bond acceptors (Lipinski definition) is 5. The second-order valence-corrected chi connectivity index (χ2v) is 4.97. The average molecular weight is 367 g/mol. The van der Waals surface area contributed by atoms with Crippen LogP contribution in [0.15, 0.2) is 16.6 Å². The van der Waals surface area contributed by atoms with Gasteiger partial charge in [0.05, 0.1) is 10.7 Å². The molecule has 0 radical (unpaired) electrons. The van der Waals surface area contributed by atoms with Gasteiger partial charge >= 0.3 is 0 Å². The highest BCUT2D eigenvalue weighted by molar-refractivity contribution is 9.10. The van der Waals surface area contributed by atoms with E-state index in [9.17, 15) is 4.39 Å². The van der Waals surface area contributed by atoms with Gasteiger partial charge in [0, 0.05) is 11.5 Å². The first-order valence-electron chi connectivity index (χ1n) is 5.00. The minimum Gasteiger partial charge on any atom is -0.357 e. The molecule has 0 fully saturated rings. The maximum absolute atomic E-state index is 13.1. The van der Waals surface area contributed by atoms with Crippen LogP contribution in [-0.4, -0.2) is 22.0 Å². The Labute approximate surface area is 126 Å². The average Bonchev–Trinajstić information content (AvgIpc) is 2.33. The highest BCUT2D eigenvalue weighted by Crippen LogP contribution is 2.33. The summed E-state index contributed by atoms with van der Waals surface area (Å²) in [5.74, 6) is 0.0439. The zero-order chi connectivity index (χ0) is 14.0. The van der Waals surface area contributed by atoms with E-state index in [1.54, 1.807) is 7.05 Å². The second-order valence-electron chi connectivity index (χ2n) is 3.37. The molecule has 9 heteroatoms. The van der Waals surface area contributed by atoms with Gasteiger partial charge in [-0.15, -0.1) is 0 Å². The lowest BCUT2D eigenvalue weighted by Crippen LogP contribution is -2.04. The van der Waals surface area contributed by atoms with Gasteiger partial charge in [-0.3, -0.25) is 0 Å². The Morgan fingerprint density at radius 1 is 1.16 bits per heavy atom. The van der Waals surface area contributed by atoms with Gasteiger partial charge in [-0.1, -0.05) is 11.6 Å². The first-order valence-corrected chi connectivity index (χ1v) is 6.55. The summed E-state index contributed by atoms with van der Waals surface area (Å²) < 4.78 is 13.6. The zero-order valence-electron chi connectivity index (χ0n) is 9.51. The van der Waals surface area contributed by atoms with Crippen molar-refractivity contribution in [2.24, 2.45) is 0 Å². The summed E-state index contributed by atoms with van der Waals surface area (Å²) in [6, 6.07) is 2.45. The molecule has 0 atom stereocenters. The third-order valence-electron chi connectivity index (χ3n) is 2.08. The van der Waals surface area contributed by atoms with Crippen LogP contribution in [0.3, 0.4) is 0 Å². The van der Waals surface area contributed by atoms with Crippen molar-refractivity contribution in [3.05, 3.63) is 32.7 Å². The predicted molar refractivity (Wildman–Crippen MR) is 76.8 cm³/mol. The molecule has 0 aliphatic rings. The summed E-state index contributed by atoms with van der Waals surface area (Å²) in [6.45, 7) is 0. The Balaban J connectivity index is 2.39. The van der Waals surface area contributed by atoms with Crippen LogP contribution < -0.4 is 10.6 Å². The lowest BCUT2D eigenvalue weighted by atomic mass is 10.3. The molecule has 0 aliphatic heterocycles. The predicted octanol–water partition coefficient (Wildman–Crippen LogP) is 3.87. The van der Waals surface area contributed by atoms with E-state index in [0.717, 1.165) is 0 Å². The van der Waals surface area contributed by atoms with Crippen molar-refractivity contribution >= 4 is 56.7 Å². The van der Waals surface area contributed by atoms with Crippen molar-refractivity contribution in [1.29, 1.82) is 0 Å². The Hall–Kier alpha value is -1.18. The smallest absolute Gasteiger partial charge is 0.233 e. The topological polar surface area (TPSA) is 62.7 Å². The van der Waals surface area contributed by atoms with Crippen LogP contribution in [0.25, 0.3) is 0 Å². The summed E-state index contributed by atoms with van der Waals surface area (Å²) in [6.07, 6.45) is 0. The number of aromatic nitrogens is 3. The van der Waals surface area contributed by atoms with Gasteiger partial charge in [0.15, 0.2) is 0 Å². The van der Waals surface area contributed by atoms with Crippen LogP contribution >= 0.6 is 39.1 Å². The fraction of sp³-hybridized carbons (Fsp3) is 0.100. The van der Waals surface area contributed by atoms with E-state index in [2.05, 4.69) is 41.5 Å². The Bertz CT molecular complexity index is 602. The van der Waals surface area contributed by atoms with Crippen LogP contribution in [0.2, 0.25) is 10.3 Å². The number of nitrogens with zero attached hydrogens (tertiary/aromatic N) is 3. The number of nitrogens with one attached hydrogen (secondary N) is 2. The Morgan fingerprint density at radius 3 is 2.47 bits per heavy atom. The molecule has 0 bridgehead atoms. The number of rotatable bonds is 3. The lowest BCUT2D eigenvalue weighted by molar-refractivity contribution is 0.627. The van der Waals surface area contributed by atoms with Gasteiger partial charge in [0.25, 0.3) is 0 Å². The van der Waals surface area contributed by atoms with Crippen LogP contribution in [0.4, 0.5) is 22.0 Å². The highest BCUT2D eigenvalue weighted by atomic mass is 79.9. The van der Waals surface area contributed by atoms with Crippen molar-refractivity contribution in [1.82, 2.24) is 15.0 Å². The van der Waals surface area contributed by atoms with Crippen molar-refractivity contribution < 1.29 is 4.39 Å². The van der Waals surface area contributed by atoms with Crippen molar-refractivity contribution in [2.75, 3.05) is 17.7 Å². The van der Waals surface area contributed by atoms with Gasteiger partial charge in [-0.05, 0) is 39.7 Å². The highest BCUT2D eigenvalue weighted by Gasteiger charge is 2.11. The molecule has 2 rings (SSSR count). The van der Waals surface area contributed by atoms with Gasteiger partial charge in [-0.2, -0.15) is 15.0 Å². The van der Waals surface area contributed by atoms with Crippen LogP contribution in [0.5, 0.6) is 0 Å². The number of benzene rings is 1. The fourth-order valence-corrected chi connectivity index (χ4v) is 2.35. The summed E-state index contributed by atoms with van der Waals surface area (Å²) in [7, 11) is 1.65. The molecule has 0 spiro atoms. The van der Waals surface area contributed by atoms with E-state index in [1.165, 1.54) is 12.1 Å². The number of halogens is 4. The minimum absolute atomic E-state index is 0.0243. The lowest BCUT2D eigenvalue weighted by Gasteiger charge is -2.10. The van der Waals surface area contributed by atoms with E-state index in [1.807, 2.05) is 0 Å². The van der Waals surface area contributed by atoms with Gasteiger partial charge < -0.3 is 10.6 Å². The molecular formula is C10H7BrCl2FN5. The van der Waals surface area contributed by atoms with Crippen LogP contribution in [0, 0.1) is 5.82 Å². The first-order chi connectivity index (χ1) is 8.99.